The summed E-state index contributed by atoms with van der Waals surface area (Å²) >= 11 is 0. The van der Waals surface area contributed by atoms with Gasteiger partial charge in [0.2, 0.25) is 5.91 Å². The molecule has 2 heterocycles. The van der Waals surface area contributed by atoms with E-state index < -0.39 is 0 Å². The fourth-order valence-electron chi connectivity index (χ4n) is 3.48. The van der Waals surface area contributed by atoms with E-state index in [0.717, 1.165) is 0 Å². The van der Waals surface area contributed by atoms with Gasteiger partial charge in [0.1, 0.15) is 28.5 Å². The van der Waals surface area contributed by atoms with Crippen molar-refractivity contribution >= 4 is 22.6 Å². The molecule has 0 fully saturated rings. The number of aromatic nitrogens is 4. The molecule has 0 bridgehead atoms. The summed E-state index contributed by atoms with van der Waals surface area (Å²) in [6, 6.07) is 10.8. The number of hydrogen-bond acceptors (Lipinski definition) is 6. The zero-order chi connectivity index (χ0) is 23.5. The van der Waals surface area contributed by atoms with Gasteiger partial charge in [-0.1, -0.05) is 0 Å². The van der Waals surface area contributed by atoms with Gasteiger partial charge in [-0.2, -0.15) is 5.10 Å². The molecule has 0 atom stereocenters. The second-order valence-electron chi connectivity index (χ2n) is 7.25. The number of amides is 1. The van der Waals surface area contributed by atoms with Gasteiger partial charge in [0.05, 0.1) is 31.8 Å². The number of aryl methyl sites for hydroxylation is 1. The summed E-state index contributed by atoms with van der Waals surface area (Å²) in [4.78, 5) is 30.1. The predicted molar refractivity (Wildman–Crippen MR) is 121 cm³/mol. The SMILES string of the molecule is COc1ccc(OC)c(NC(=O)CCn2c(C)nc3c(cnn3-c3ccc(F)cc3)c2=O)c1. The van der Waals surface area contributed by atoms with Crippen LogP contribution in [0.2, 0.25) is 0 Å². The van der Waals surface area contributed by atoms with Crippen LogP contribution in [0.5, 0.6) is 11.5 Å². The summed E-state index contributed by atoms with van der Waals surface area (Å²) < 4.78 is 26.6. The maximum absolute atomic E-state index is 13.2. The average Bonchev–Trinajstić information content (AvgIpc) is 3.23. The molecule has 0 spiro atoms. The molecule has 4 aromatic rings. The van der Waals surface area contributed by atoms with Crippen molar-refractivity contribution in [2.75, 3.05) is 19.5 Å². The molecule has 0 unspecified atom stereocenters. The smallest absolute Gasteiger partial charge is 0.264 e. The number of halogens is 1. The molecule has 2 aromatic carbocycles. The van der Waals surface area contributed by atoms with E-state index in [1.54, 1.807) is 37.3 Å². The highest BCUT2D eigenvalue weighted by atomic mass is 19.1. The third-order valence-electron chi connectivity index (χ3n) is 5.19. The first-order valence-corrected chi connectivity index (χ1v) is 10.1. The lowest BCUT2D eigenvalue weighted by molar-refractivity contribution is -0.116. The highest BCUT2D eigenvalue weighted by molar-refractivity contribution is 5.92. The van der Waals surface area contributed by atoms with Gasteiger partial charge in [0.15, 0.2) is 5.65 Å². The Morgan fingerprint density at radius 3 is 2.58 bits per heavy atom. The minimum absolute atomic E-state index is 0.0421. The number of nitrogens with one attached hydrogen (secondary N) is 1. The number of carbonyl (C=O) groups is 1. The summed E-state index contributed by atoms with van der Waals surface area (Å²) in [6.45, 7) is 1.82. The van der Waals surface area contributed by atoms with Gasteiger partial charge in [0, 0.05) is 19.0 Å². The third kappa shape index (κ3) is 4.40. The van der Waals surface area contributed by atoms with Crippen LogP contribution in [0.3, 0.4) is 0 Å². The van der Waals surface area contributed by atoms with Gasteiger partial charge >= 0.3 is 0 Å². The zero-order valence-electron chi connectivity index (χ0n) is 18.3. The number of nitrogens with zero attached hydrogens (tertiary/aromatic N) is 4. The fourth-order valence-corrected chi connectivity index (χ4v) is 3.48. The van der Waals surface area contributed by atoms with E-state index in [1.165, 1.54) is 41.8 Å². The van der Waals surface area contributed by atoms with Gasteiger partial charge in [-0.25, -0.2) is 14.1 Å². The van der Waals surface area contributed by atoms with Crippen molar-refractivity contribution in [3.8, 4) is 17.2 Å². The van der Waals surface area contributed by atoms with E-state index in [0.29, 0.717) is 39.7 Å². The molecule has 9 nitrogen and oxygen atoms in total. The summed E-state index contributed by atoms with van der Waals surface area (Å²) in [5.41, 5.74) is 1.12. The van der Waals surface area contributed by atoms with E-state index in [-0.39, 0.29) is 30.2 Å². The van der Waals surface area contributed by atoms with Gasteiger partial charge in [-0.05, 0) is 43.3 Å². The molecule has 10 heteroatoms. The molecule has 1 N–H and O–H groups in total. The number of rotatable bonds is 7. The topological polar surface area (TPSA) is 100 Å². The minimum Gasteiger partial charge on any atom is -0.497 e. The van der Waals surface area contributed by atoms with E-state index in [9.17, 15) is 14.0 Å². The largest absolute Gasteiger partial charge is 0.497 e. The Morgan fingerprint density at radius 2 is 1.88 bits per heavy atom. The van der Waals surface area contributed by atoms with E-state index >= 15 is 0 Å². The zero-order valence-corrected chi connectivity index (χ0v) is 18.3. The van der Waals surface area contributed by atoms with Crippen molar-refractivity contribution in [3.63, 3.8) is 0 Å². The van der Waals surface area contributed by atoms with Crippen molar-refractivity contribution < 1.29 is 18.7 Å². The molecular weight excluding hydrogens is 429 g/mol. The summed E-state index contributed by atoms with van der Waals surface area (Å²) in [7, 11) is 3.04. The number of anilines is 1. The fraction of sp³-hybridized carbons (Fsp3) is 0.217. The van der Waals surface area contributed by atoms with E-state index in [2.05, 4.69) is 15.4 Å². The van der Waals surface area contributed by atoms with Crippen molar-refractivity contribution in [1.82, 2.24) is 19.3 Å². The standard InChI is InChI=1S/C23H22FN5O4/c1-14-26-22-18(13-25-29(22)16-6-4-15(24)5-7-16)23(31)28(14)11-10-21(30)27-19-12-17(32-2)8-9-20(19)33-3/h4-9,12-13H,10-11H2,1-3H3,(H,27,30). The van der Waals surface area contributed by atoms with Crippen LogP contribution in [-0.4, -0.2) is 39.5 Å². The lowest BCUT2D eigenvalue weighted by Gasteiger charge is -2.13. The Hall–Kier alpha value is -4.21. The lowest BCUT2D eigenvalue weighted by Crippen LogP contribution is -2.26. The molecule has 4 rings (SSSR count). The van der Waals surface area contributed by atoms with Gasteiger partial charge < -0.3 is 14.8 Å². The first kappa shape index (κ1) is 22.0. The summed E-state index contributed by atoms with van der Waals surface area (Å²) in [5.74, 6) is 0.837. The molecular formula is C23H22FN5O4. The average molecular weight is 451 g/mol. The second-order valence-corrected chi connectivity index (χ2v) is 7.25. The number of carbonyl (C=O) groups excluding carboxylic acids is 1. The Labute approximate surface area is 188 Å². The molecule has 170 valence electrons. The van der Waals surface area contributed by atoms with Crippen molar-refractivity contribution in [1.29, 1.82) is 0 Å². The molecule has 0 aliphatic carbocycles. The number of benzene rings is 2. The Balaban J connectivity index is 1.55. The maximum atomic E-state index is 13.2. The van der Waals surface area contributed by atoms with Crippen LogP contribution < -0.4 is 20.3 Å². The van der Waals surface area contributed by atoms with Crippen LogP contribution in [0.25, 0.3) is 16.7 Å². The van der Waals surface area contributed by atoms with Gasteiger partial charge in [-0.3, -0.25) is 14.2 Å². The normalized spacial score (nSPS) is 10.9. The molecule has 2 aromatic heterocycles. The first-order chi connectivity index (χ1) is 15.9. The van der Waals surface area contributed by atoms with Gasteiger partial charge in [0.25, 0.3) is 5.56 Å². The number of methoxy groups -OCH3 is 2. The predicted octanol–water partition coefficient (Wildman–Crippen LogP) is 3.08. The lowest BCUT2D eigenvalue weighted by atomic mass is 10.2. The molecule has 1 amide bonds. The number of hydrogen-bond donors (Lipinski definition) is 1. The molecule has 0 radical (unpaired) electrons. The quantitative estimate of drug-likeness (QED) is 0.464. The highest BCUT2D eigenvalue weighted by Gasteiger charge is 2.16. The Morgan fingerprint density at radius 1 is 1.12 bits per heavy atom. The summed E-state index contributed by atoms with van der Waals surface area (Å²) in [5, 5.41) is 7.33. The van der Waals surface area contributed by atoms with Crippen LogP contribution in [0, 0.1) is 12.7 Å². The van der Waals surface area contributed by atoms with Crippen molar-refractivity contribution in [3.05, 3.63) is 70.7 Å². The van der Waals surface area contributed by atoms with Crippen LogP contribution in [0.1, 0.15) is 12.2 Å². The molecule has 0 aliphatic rings. The molecule has 0 aliphatic heterocycles. The monoisotopic (exact) mass is 451 g/mol. The molecule has 33 heavy (non-hydrogen) atoms. The van der Waals surface area contributed by atoms with Crippen molar-refractivity contribution in [2.24, 2.45) is 0 Å². The van der Waals surface area contributed by atoms with Crippen LogP contribution >= 0.6 is 0 Å². The molecule has 0 saturated heterocycles. The van der Waals surface area contributed by atoms with Gasteiger partial charge in [-0.15, -0.1) is 0 Å². The van der Waals surface area contributed by atoms with E-state index in [4.69, 9.17) is 9.47 Å². The van der Waals surface area contributed by atoms with Crippen LogP contribution in [0.4, 0.5) is 10.1 Å². The Kier molecular flexibility index (Phi) is 6.07. The highest BCUT2D eigenvalue weighted by Crippen LogP contribution is 2.29. The first-order valence-electron chi connectivity index (χ1n) is 10.1. The number of fused-ring (bicyclic) bond motifs is 1. The van der Waals surface area contributed by atoms with Crippen molar-refractivity contribution in [2.45, 2.75) is 19.9 Å². The minimum atomic E-state index is -0.369. The maximum Gasteiger partial charge on any atom is 0.264 e. The second kappa shape index (κ2) is 9.11. The van der Waals surface area contributed by atoms with Crippen LogP contribution in [-0.2, 0) is 11.3 Å². The third-order valence-corrected chi connectivity index (χ3v) is 5.19. The van der Waals surface area contributed by atoms with E-state index in [1.807, 2.05) is 0 Å². The number of ether oxygens (including phenoxy) is 2. The van der Waals surface area contributed by atoms with Crippen LogP contribution in [0.15, 0.2) is 53.5 Å². The molecule has 0 saturated carbocycles. The summed E-state index contributed by atoms with van der Waals surface area (Å²) in [6.07, 6.45) is 1.46. The Bertz CT molecular complexity index is 1380.